The van der Waals surface area contributed by atoms with Crippen LogP contribution < -0.4 is 5.32 Å². The second-order valence-electron chi connectivity index (χ2n) is 6.62. The van der Waals surface area contributed by atoms with E-state index in [0.717, 1.165) is 17.8 Å². The number of rotatable bonds is 4. The fraction of sp³-hybridized carbons (Fsp3) is 0.750. The van der Waals surface area contributed by atoms with Crippen molar-refractivity contribution in [2.24, 2.45) is 0 Å². The lowest BCUT2D eigenvalue weighted by atomic mass is 9.95. The highest BCUT2D eigenvalue weighted by atomic mass is 32.2. The van der Waals surface area contributed by atoms with Crippen molar-refractivity contribution in [1.82, 2.24) is 5.32 Å². The average Bonchev–Trinajstić information content (AvgIpc) is 2.85. The minimum absolute atomic E-state index is 0.289. The highest BCUT2D eigenvalue weighted by Crippen LogP contribution is 2.30. The zero-order valence-electron chi connectivity index (χ0n) is 12.7. The summed E-state index contributed by atoms with van der Waals surface area (Å²) in [4.78, 5) is 2.98. The van der Waals surface area contributed by atoms with Crippen LogP contribution in [0.1, 0.15) is 56.2 Å². The Labute approximate surface area is 126 Å². The number of hydrogen-bond donors (Lipinski definition) is 1. The van der Waals surface area contributed by atoms with E-state index in [-0.39, 0.29) is 5.41 Å². The van der Waals surface area contributed by atoms with Gasteiger partial charge in [-0.2, -0.15) is 11.8 Å². The number of hydrogen-bond acceptors (Lipinski definition) is 3. The van der Waals surface area contributed by atoms with Crippen LogP contribution in [0.15, 0.2) is 12.1 Å². The van der Waals surface area contributed by atoms with Gasteiger partial charge >= 0.3 is 0 Å². The van der Waals surface area contributed by atoms with Gasteiger partial charge in [-0.25, -0.2) is 0 Å². The molecule has 1 aromatic rings. The Morgan fingerprint density at radius 1 is 1.32 bits per heavy atom. The molecule has 1 heterocycles. The van der Waals surface area contributed by atoms with Crippen molar-refractivity contribution in [2.45, 2.75) is 69.7 Å². The molecule has 1 saturated carbocycles. The summed E-state index contributed by atoms with van der Waals surface area (Å²) in [6.45, 7) is 7.92. The summed E-state index contributed by atoms with van der Waals surface area (Å²) in [5, 5.41) is 4.64. The second kappa shape index (κ2) is 6.64. The fourth-order valence-electron chi connectivity index (χ4n) is 2.67. The molecule has 2 unspecified atom stereocenters. The van der Waals surface area contributed by atoms with E-state index in [2.05, 4.69) is 44.5 Å². The Balaban J connectivity index is 1.83. The monoisotopic (exact) mass is 297 g/mol. The Hall–Kier alpha value is 0.01000. The molecule has 0 bridgehead atoms. The van der Waals surface area contributed by atoms with E-state index >= 15 is 0 Å². The first-order valence-electron chi connectivity index (χ1n) is 7.34. The van der Waals surface area contributed by atoms with Crippen molar-refractivity contribution in [1.29, 1.82) is 0 Å². The van der Waals surface area contributed by atoms with Gasteiger partial charge in [0, 0.05) is 27.6 Å². The van der Waals surface area contributed by atoms with Crippen molar-refractivity contribution in [2.75, 3.05) is 6.26 Å². The summed E-state index contributed by atoms with van der Waals surface area (Å²) in [6, 6.07) is 5.33. The summed E-state index contributed by atoms with van der Waals surface area (Å²) < 4.78 is 0. The predicted molar refractivity (Wildman–Crippen MR) is 89.4 cm³/mol. The summed E-state index contributed by atoms with van der Waals surface area (Å²) >= 11 is 4.01. The Bertz CT molecular complexity index is 392. The van der Waals surface area contributed by atoms with Crippen molar-refractivity contribution in [3.63, 3.8) is 0 Å². The molecule has 1 aliphatic carbocycles. The quantitative estimate of drug-likeness (QED) is 0.856. The molecule has 0 aromatic carbocycles. The maximum atomic E-state index is 3.76. The van der Waals surface area contributed by atoms with Gasteiger partial charge in [0.2, 0.25) is 0 Å². The van der Waals surface area contributed by atoms with Crippen LogP contribution >= 0.6 is 23.1 Å². The van der Waals surface area contributed by atoms with E-state index in [4.69, 9.17) is 0 Å². The first kappa shape index (κ1) is 15.4. The van der Waals surface area contributed by atoms with Gasteiger partial charge in [-0.05, 0) is 43.1 Å². The lowest BCUT2D eigenvalue weighted by molar-refractivity contribution is 0.381. The van der Waals surface area contributed by atoms with E-state index in [1.165, 1.54) is 35.4 Å². The Kier molecular flexibility index (Phi) is 5.38. The molecule has 1 aliphatic rings. The van der Waals surface area contributed by atoms with Crippen molar-refractivity contribution >= 4 is 23.1 Å². The molecule has 2 rings (SSSR count). The zero-order chi connectivity index (χ0) is 13.9. The largest absolute Gasteiger partial charge is 0.309 e. The molecule has 0 amide bonds. The molecule has 0 aliphatic heterocycles. The Morgan fingerprint density at radius 3 is 2.74 bits per heavy atom. The van der Waals surface area contributed by atoms with Crippen LogP contribution in [0, 0.1) is 0 Å². The summed E-state index contributed by atoms with van der Waals surface area (Å²) in [6.07, 6.45) is 7.75. The third-order valence-corrected chi connectivity index (χ3v) is 6.53. The maximum Gasteiger partial charge on any atom is 0.0302 e. The van der Waals surface area contributed by atoms with Gasteiger partial charge in [-0.15, -0.1) is 11.3 Å². The lowest BCUT2D eigenvalue weighted by Gasteiger charge is -2.28. The summed E-state index contributed by atoms with van der Waals surface area (Å²) in [7, 11) is 0. The van der Waals surface area contributed by atoms with Gasteiger partial charge in [0.25, 0.3) is 0 Å². The second-order valence-corrected chi connectivity index (χ2v) is 8.92. The van der Waals surface area contributed by atoms with E-state index in [0.29, 0.717) is 0 Å². The van der Waals surface area contributed by atoms with Crippen molar-refractivity contribution < 1.29 is 0 Å². The minimum Gasteiger partial charge on any atom is -0.309 e. The Morgan fingerprint density at radius 2 is 2.11 bits per heavy atom. The van der Waals surface area contributed by atoms with E-state index in [1.54, 1.807) is 0 Å². The van der Waals surface area contributed by atoms with Gasteiger partial charge in [0.15, 0.2) is 0 Å². The van der Waals surface area contributed by atoms with Crippen LogP contribution in [-0.4, -0.2) is 17.5 Å². The van der Waals surface area contributed by atoms with Crippen LogP contribution in [0.25, 0.3) is 0 Å². The topological polar surface area (TPSA) is 12.0 Å². The van der Waals surface area contributed by atoms with Gasteiger partial charge in [0.05, 0.1) is 0 Å². The van der Waals surface area contributed by atoms with Crippen molar-refractivity contribution in [3.05, 3.63) is 21.9 Å². The first-order chi connectivity index (χ1) is 8.99. The van der Waals surface area contributed by atoms with E-state index in [1.807, 2.05) is 23.1 Å². The van der Waals surface area contributed by atoms with Crippen LogP contribution in [0.5, 0.6) is 0 Å². The molecule has 108 valence electrons. The third-order valence-electron chi connectivity index (χ3n) is 3.93. The van der Waals surface area contributed by atoms with Gasteiger partial charge in [-0.3, -0.25) is 0 Å². The summed E-state index contributed by atoms with van der Waals surface area (Å²) in [5.74, 6) is 0. The van der Waals surface area contributed by atoms with Gasteiger partial charge in [-0.1, -0.05) is 27.2 Å². The van der Waals surface area contributed by atoms with Crippen LogP contribution in [-0.2, 0) is 12.0 Å². The molecule has 1 fully saturated rings. The molecule has 19 heavy (non-hydrogen) atoms. The normalized spacial score (nSPS) is 24.6. The highest BCUT2D eigenvalue weighted by Gasteiger charge is 2.21. The number of nitrogens with one attached hydrogen (secondary N) is 1. The molecule has 0 radical (unpaired) electrons. The van der Waals surface area contributed by atoms with E-state index < -0.39 is 0 Å². The molecule has 1 N–H and O–H groups in total. The number of thiophene rings is 1. The molecule has 1 aromatic heterocycles. The molecule has 0 saturated heterocycles. The highest BCUT2D eigenvalue weighted by molar-refractivity contribution is 7.99. The predicted octanol–water partition coefficient (Wildman–Crippen LogP) is 4.81. The third kappa shape index (κ3) is 4.51. The minimum atomic E-state index is 0.289. The molecular formula is C16H27NS2. The standard InChI is InChI=1S/C16H27NS2/c1-16(2,3)15-9-8-14(19-15)11-17-12-6-5-7-13(10-12)18-4/h8-9,12-13,17H,5-7,10-11H2,1-4H3. The molecule has 0 spiro atoms. The van der Waals surface area contributed by atoms with Crippen LogP contribution in [0.3, 0.4) is 0 Å². The summed E-state index contributed by atoms with van der Waals surface area (Å²) in [5.41, 5.74) is 0.289. The van der Waals surface area contributed by atoms with E-state index in [9.17, 15) is 0 Å². The van der Waals surface area contributed by atoms with Crippen LogP contribution in [0.4, 0.5) is 0 Å². The smallest absolute Gasteiger partial charge is 0.0302 e. The molecule has 3 heteroatoms. The van der Waals surface area contributed by atoms with Gasteiger partial charge < -0.3 is 5.32 Å². The zero-order valence-corrected chi connectivity index (χ0v) is 14.3. The number of thioether (sulfide) groups is 1. The lowest BCUT2D eigenvalue weighted by Crippen LogP contribution is -2.34. The van der Waals surface area contributed by atoms with Gasteiger partial charge in [0.1, 0.15) is 0 Å². The fourth-order valence-corrected chi connectivity index (χ4v) is 4.51. The average molecular weight is 298 g/mol. The first-order valence-corrected chi connectivity index (χ1v) is 9.45. The molecule has 1 nitrogen and oxygen atoms in total. The molecule has 2 atom stereocenters. The van der Waals surface area contributed by atoms with Crippen LogP contribution in [0.2, 0.25) is 0 Å². The maximum absolute atomic E-state index is 3.76. The van der Waals surface area contributed by atoms with Crippen molar-refractivity contribution in [3.8, 4) is 0 Å². The molecular weight excluding hydrogens is 270 g/mol. The SMILES string of the molecule is CSC1CCCC(NCc2ccc(C(C)(C)C)s2)C1.